The van der Waals surface area contributed by atoms with Crippen molar-refractivity contribution in [2.45, 2.75) is 57.9 Å². The normalized spacial score (nSPS) is 15.3. The molecule has 260 valence electrons. The molecular weight excluding hydrogens is 655 g/mol. The molecule has 0 fully saturated rings. The fourth-order valence-corrected chi connectivity index (χ4v) is 5.74. The maximum absolute atomic E-state index is 14.6. The predicted molar refractivity (Wildman–Crippen MR) is 176 cm³/mol. The topological polar surface area (TPSA) is 145 Å². The fraction of sp³-hybridized carbons (Fsp3) is 0.278. The van der Waals surface area contributed by atoms with Crippen LogP contribution in [-0.4, -0.2) is 57.4 Å². The lowest BCUT2D eigenvalue weighted by molar-refractivity contribution is -0.202. The van der Waals surface area contributed by atoms with E-state index in [-0.39, 0.29) is 24.7 Å². The first kappa shape index (κ1) is 35.5. The van der Waals surface area contributed by atoms with Crippen molar-refractivity contribution in [3.8, 4) is 5.88 Å². The number of nitrogens with two attached hydrogens (primary N) is 1. The molecule has 5 rings (SSSR count). The third-order valence-electron chi connectivity index (χ3n) is 7.98. The number of amides is 2. The molecule has 4 aromatic rings. The largest absolute Gasteiger partial charge is 0.491 e. The number of esters is 2. The molecule has 1 aliphatic rings. The van der Waals surface area contributed by atoms with E-state index >= 15 is 0 Å². The molecule has 0 radical (unpaired) electrons. The van der Waals surface area contributed by atoms with Gasteiger partial charge in [-0.15, -0.1) is 0 Å². The van der Waals surface area contributed by atoms with Gasteiger partial charge in [-0.25, -0.2) is 9.78 Å². The number of ether oxygens (including phenoxy) is 2. The predicted octanol–water partition coefficient (Wildman–Crippen LogP) is 5.52. The number of alkyl halides is 3. The molecule has 0 aliphatic carbocycles. The average Bonchev–Trinajstić information content (AvgIpc) is 3.15. The van der Waals surface area contributed by atoms with Crippen LogP contribution in [0, 0.1) is 6.92 Å². The van der Waals surface area contributed by atoms with Crippen LogP contribution in [0.4, 0.5) is 24.8 Å². The zero-order chi connectivity index (χ0) is 36.0. The number of aryl methyl sites for hydroxylation is 2. The number of carbonyl (C=O) groups is 4. The van der Waals surface area contributed by atoms with E-state index in [2.05, 4.69) is 14.7 Å². The molecule has 1 aliphatic heterocycles. The van der Waals surface area contributed by atoms with Crippen molar-refractivity contribution in [3.05, 3.63) is 113 Å². The summed E-state index contributed by atoms with van der Waals surface area (Å²) in [6, 6.07) is 21.9. The second kappa shape index (κ2) is 15.2. The summed E-state index contributed by atoms with van der Waals surface area (Å²) in [6.07, 6.45) is -5.19. The van der Waals surface area contributed by atoms with Gasteiger partial charge < -0.3 is 25.0 Å². The molecule has 2 atom stereocenters. The highest BCUT2D eigenvalue weighted by atomic mass is 19.4. The Morgan fingerprint density at radius 1 is 0.940 bits per heavy atom. The summed E-state index contributed by atoms with van der Waals surface area (Å²) < 4.78 is 48.3. The molecule has 2 amide bonds. The van der Waals surface area contributed by atoms with Crippen LogP contribution in [0.1, 0.15) is 58.5 Å². The van der Waals surface area contributed by atoms with Crippen molar-refractivity contribution in [1.29, 1.82) is 0 Å². The second-order valence-corrected chi connectivity index (χ2v) is 11.8. The zero-order valence-corrected chi connectivity index (χ0v) is 27.2. The summed E-state index contributed by atoms with van der Waals surface area (Å²) in [5, 5.41) is 0. The molecular formula is C36H34F3N5O6. The number of anilines is 2. The Morgan fingerprint density at radius 2 is 1.62 bits per heavy atom. The molecule has 0 spiro atoms. The summed E-state index contributed by atoms with van der Waals surface area (Å²) >= 11 is 0. The van der Waals surface area contributed by atoms with Gasteiger partial charge in [0.05, 0.1) is 30.8 Å². The third-order valence-corrected chi connectivity index (χ3v) is 7.98. The van der Waals surface area contributed by atoms with Gasteiger partial charge in [-0.3, -0.25) is 14.4 Å². The number of halogens is 3. The van der Waals surface area contributed by atoms with E-state index < -0.39 is 48.4 Å². The van der Waals surface area contributed by atoms with Crippen LogP contribution in [0.25, 0.3) is 0 Å². The van der Waals surface area contributed by atoms with Gasteiger partial charge in [0.15, 0.2) is 0 Å². The van der Waals surface area contributed by atoms with E-state index in [9.17, 15) is 32.3 Å². The van der Waals surface area contributed by atoms with E-state index in [4.69, 9.17) is 10.5 Å². The Labute approximate surface area is 285 Å². The Bertz CT molecular complexity index is 1850. The summed E-state index contributed by atoms with van der Waals surface area (Å²) in [7, 11) is 0. The average molecular weight is 690 g/mol. The zero-order valence-electron chi connectivity index (χ0n) is 27.2. The maximum atomic E-state index is 14.6. The number of fused-ring (bicyclic) bond motifs is 1. The summed E-state index contributed by atoms with van der Waals surface area (Å²) in [4.78, 5) is 63.9. The SMILES string of the molecule is Cc1cc(OCCCc2ccc3c(c2)C(=O)N(C(C)CC(=O)OC(=O)C(F)(F)F)C(c2ccccc2)C(=O)N3Cc2ccccc2)nc(N)n1. The van der Waals surface area contributed by atoms with E-state index in [1.807, 2.05) is 30.3 Å². The molecule has 50 heavy (non-hydrogen) atoms. The van der Waals surface area contributed by atoms with Gasteiger partial charge in [-0.05, 0) is 55.5 Å². The quantitative estimate of drug-likeness (QED) is 0.122. The number of benzene rings is 3. The Hall–Kier alpha value is -5.79. The maximum Gasteiger partial charge on any atom is 0.491 e. The van der Waals surface area contributed by atoms with E-state index in [0.717, 1.165) is 11.1 Å². The monoisotopic (exact) mass is 689 g/mol. The van der Waals surface area contributed by atoms with Crippen molar-refractivity contribution in [2.75, 3.05) is 17.2 Å². The van der Waals surface area contributed by atoms with Crippen molar-refractivity contribution in [3.63, 3.8) is 0 Å². The van der Waals surface area contributed by atoms with Gasteiger partial charge in [0.25, 0.3) is 11.8 Å². The van der Waals surface area contributed by atoms with Crippen LogP contribution in [-0.2, 0) is 32.1 Å². The summed E-state index contributed by atoms with van der Waals surface area (Å²) in [6.45, 7) is 3.55. The molecule has 1 aromatic heterocycles. The van der Waals surface area contributed by atoms with Crippen LogP contribution in [0.2, 0.25) is 0 Å². The van der Waals surface area contributed by atoms with Crippen molar-refractivity contribution in [2.24, 2.45) is 0 Å². The minimum Gasteiger partial charge on any atom is -0.478 e. The minimum absolute atomic E-state index is 0.0895. The first-order chi connectivity index (χ1) is 23.8. The van der Waals surface area contributed by atoms with Crippen LogP contribution < -0.4 is 15.4 Å². The minimum atomic E-state index is -5.39. The van der Waals surface area contributed by atoms with Gasteiger partial charge in [-0.2, -0.15) is 18.2 Å². The highest BCUT2D eigenvalue weighted by Crippen LogP contribution is 2.38. The summed E-state index contributed by atoms with van der Waals surface area (Å²) in [5.74, 6) is -4.88. The molecule has 2 heterocycles. The molecule has 0 saturated carbocycles. The highest BCUT2D eigenvalue weighted by molar-refractivity contribution is 6.11. The lowest BCUT2D eigenvalue weighted by Gasteiger charge is -2.35. The lowest BCUT2D eigenvalue weighted by atomic mass is 10.00. The number of nitrogens with zero attached hydrogens (tertiary/aromatic N) is 4. The lowest BCUT2D eigenvalue weighted by Crippen LogP contribution is -2.47. The molecule has 2 N–H and O–H groups in total. The van der Waals surface area contributed by atoms with Gasteiger partial charge in [-0.1, -0.05) is 66.7 Å². The number of hydrogen-bond donors (Lipinski definition) is 1. The first-order valence-electron chi connectivity index (χ1n) is 15.7. The number of nitrogen functional groups attached to an aromatic ring is 1. The van der Waals surface area contributed by atoms with Gasteiger partial charge in [0, 0.05) is 17.8 Å². The van der Waals surface area contributed by atoms with Crippen molar-refractivity contribution >= 4 is 35.4 Å². The standard InChI is InChI=1S/C36H34F3N5O6/c1-22-18-29(42-35(40)41-22)49-17-9-12-24-15-16-28-27(20-24)32(46)44(23(2)19-30(45)50-34(48)36(37,38)39)31(26-13-7-4-8-14-26)33(47)43(28)21-25-10-5-3-6-11-25/h3-8,10-11,13-16,18,20,23,31H,9,12,17,19,21H2,1-2H3,(H2,40,41,42). The number of rotatable bonds is 11. The number of carbonyl (C=O) groups excluding carboxylic acids is 4. The van der Waals surface area contributed by atoms with Crippen molar-refractivity contribution in [1.82, 2.24) is 14.9 Å². The van der Waals surface area contributed by atoms with Crippen LogP contribution in [0.3, 0.4) is 0 Å². The molecule has 2 unspecified atom stereocenters. The van der Waals surface area contributed by atoms with Crippen molar-refractivity contribution < 1.29 is 41.8 Å². The number of aromatic nitrogens is 2. The first-order valence-corrected chi connectivity index (χ1v) is 15.7. The van der Waals surface area contributed by atoms with Gasteiger partial charge >= 0.3 is 18.1 Å². The smallest absolute Gasteiger partial charge is 0.478 e. The van der Waals surface area contributed by atoms with E-state index in [0.29, 0.717) is 35.7 Å². The molecule has 11 nitrogen and oxygen atoms in total. The molecule has 0 saturated heterocycles. The Kier molecular flexibility index (Phi) is 10.8. The number of hydrogen-bond acceptors (Lipinski definition) is 9. The van der Waals surface area contributed by atoms with Crippen LogP contribution >= 0.6 is 0 Å². The summed E-state index contributed by atoms with van der Waals surface area (Å²) in [5.41, 5.74) is 8.77. The molecule has 14 heteroatoms. The molecule has 0 bridgehead atoms. The van der Waals surface area contributed by atoms with Gasteiger partial charge in [0.2, 0.25) is 11.8 Å². The van der Waals surface area contributed by atoms with E-state index in [1.54, 1.807) is 61.5 Å². The fourth-order valence-electron chi connectivity index (χ4n) is 5.74. The van der Waals surface area contributed by atoms with Gasteiger partial charge in [0.1, 0.15) is 6.04 Å². The molecule has 3 aromatic carbocycles. The third kappa shape index (κ3) is 8.43. The van der Waals surface area contributed by atoms with Crippen LogP contribution in [0.5, 0.6) is 5.88 Å². The Balaban J connectivity index is 1.50. The van der Waals surface area contributed by atoms with Crippen LogP contribution in [0.15, 0.2) is 84.9 Å². The Morgan fingerprint density at radius 3 is 2.28 bits per heavy atom. The highest BCUT2D eigenvalue weighted by Gasteiger charge is 2.45. The second-order valence-electron chi connectivity index (χ2n) is 11.8. The van der Waals surface area contributed by atoms with E-state index in [1.165, 1.54) is 16.7 Å².